The van der Waals surface area contributed by atoms with Gasteiger partial charge in [-0.3, -0.25) is 9.69 Å². The van der Waals surface area contributed by atoms with Crippen molar-refractivity contribution in [1.82, 2.24) is 10.3 Å². The Morgan fingerprint density at radius 1 is 1.06 bits per heavy atom. The number of pyridine rings is 1. The maximum Gasteiger partial charge on any atom is 0.416 e. The quantitative estimate of drug-likeness (QED) is 0.453. The van der Waals surface area contributed by atoms with E-state index in [1.54, 1.807) is 44.0 Å². The van der Waals surface area contributed by atoms with Crippen LogP contribution in [0.15, 0.2) is 18.3 Å². The molecule has 0 bridgehead atoms. The van der Waals surface area contributed by atoms with E-state index in [1.807, 2.05) is 20.8 Å². The van der Waals surface area contributed by atoms with Crippen molar-refractivity contribution in [3.05, 3.63) is 23.9 Å². The number of alkyl carbamates (subject to hydrolysis) is 1. The number of ether oxygens (including phenoxy) is 2. The summed E-state index contributed by atoms with van der Waals surface area (Å²) in [7, 11) is 0. The third-order valence-corrected chi connectivity index (χ3v) is 4.84. The molecule has 1 aromatic rings. The summed E-state index contributed by atoms with van der Waals surface area (Å²) in [6, 6.07) is 3.34. The van der Waals surface area contributed by atoms with E-state index in [2.05, 4.69) is 10.3 Å². The van der Waals surface area contributed by atoms with E-state index in [-0.39, 0.29) is 18.2 Å². The van der Waals surface area contributed by atoms with E-state index in [0.29, 0.717) is 24.3 Å². The van der Waals surface area contributed by atoms with Crippen molar-refractivity contribution in [1.29, 1.82) is 0 Å². The summed E-state index contributed by atoms with van der Waals surface area (Å²) >= 11 is 0. The number of Topliss-reactive ketones (excluding diaryl/α,β-unsaturated/α-hetero) is 1. The molecule has 1 saturated carbocycles. The number of ketones is 1. The normalized spacial score (nSPS) is 14.7. The summed E-state index contributed by atoms with van der Waals surface area (Å²) in [5, 5.41) is 2.66. The molecular weight excluding hydrogens is 410 g/mol. The Kier molecular flexibility index (Phi) is 8.64. The van der Waals surface area contributed by atoms with Crippen LogP contribution in [0, 0.1) is 0 Å². The van der Waals surface area contributed by atoms with Crippen LogP contribution in [0.3, 0.4) is 0 Å². The molecule has 0 saturated heterocycles. The molecule has 0 unspecified atom stereocenters. The largest absolute Gasteiger partial charge is 0.444 e. The number of carbonyl (C=O) groups excluding carboxylic acids is 3. The Morgan fingerprint density at radius 3 is 2.28 bits per heavy atom. The molecule has 1 N–H and O–H groups in total. The van der Waals surface area contributed by atoms with Crippen LogP contribution >= 0.6 is 0 Å². The second kappa shape index (κ2) is 10.8. The van der Waals surface area contributed by atoms with Crippen LogP contribution in [-0.4, -0.2) is 46.7 Å². The fourth-order valence-corrected chi connectivity index (χ4v) is 3.58. The average molecular weight is 448 g/mol. The Balaban J connectivity index is 2.10. The SMILES string of the molecule is CC(C)(C)OC(=O)NCCCC(=O)c1cccnc1N(C(=O)OC(C)(C)C)C1CCCC1. The van der Waals surface area contributed by atoms with Gasteiger partial charge in [-0.2, -0.15) is 0 Å². The third-order valence-electron chi connectivity index (χ3n) is 4.84. The highest BCUT2D eigenvalue weighted by Crippen LogP contribution is 2.31. The van der Waals surface area contributed by atoms with Crippen LogP contribution in [0.1, 0.15) is 90.4 Å². The molecule has 1 aliphatic carbocycles. The van der Waals surface area contributed by atoms with Crippen molar-refractivity contribution in [2.45, 2.75) is 97.3 Å². The summed E-state index contributed by atoms with van der Waals surface area (Å²) in [5.74, 6) is 0.212. The highest BCUT2D eigenvalue weighted by Gasteiger charge is 2.34. The number of hydrogen-bond donors (Lipinski definition) is 1. The molecule has 8 nitrogen and oxygen atoms in total. The number of anilines is 1. The van der Waals surface area contributed by atoms with Gasteiger partial charge in [0.05, 0.1) is 5.56 Å². The first-order valence-electron chi connectivity index (χ1n) is 11.3. The van der Waals surface area contributed by atoms with Crippen molar-refractivity contribution >= 4 is 23.8 Å². The maximum atomic E-state index is 13.1. The summed E-state index contributed by atoms with van der Waals surface area (Å²) < 4.78 is 10.8. The molecule has 2 amide bonds. The van der Waals surface area contributed by atoms with Gasteiger partial charge in [-0.1, -0.05) is 12.8 Å². The molecule has 0 spiro atoms. The van der Waals surface area contributed by atoms with E-state index < -0.39 is 23.4 Å². The smallest absolute Gasteiger partial charge is 0.416 e. The Bertz CT molecular complexity index is 805. The minimum Gasteiger partial charge on any atom is -0.444 e. The first-order chi connectivity index (χ1) is 14.9. The van der Waals surface area contributed by atoms with Crippen LogP contribution in [0.25, 0.3) is 0 Å². The molecule has 0 radical (unpaired) electrons. The van der Waals surface area contributed by atoms with Crippen LogP contribution in [0.2, 0.25) is 0 Å². The lowest BCUT2D eigenvalue weighted by Gasteiger charge is -2.31. The summed E-state index contributed by atoms with van der Waals surface area (Å²) in [6.07, 6.45) is 5.00. The summed E-state index contributed by atoms with van der Waals surface area (Å²) in [6.45, 7) is 11.1. The molecule has 1 aliphatic rings. The number of rotatable bonds is 7. The highest BCUT2D eigenvalue weighted by molar-refractivity contribution is 6.03. The average Bonchev–Trinajstić information content (AvgIpc) is 3.17. The van der Waals surface area contributed by atoms with Gasteiger partial charge in [0.15, 0.2) is 5.78 Å². The minimum absolute atomic E-state index is 0.0415. The van der Waals surface area contributed by atoms with E-state index in [1.165, 1.54) is 0 Å². The number of nitrogens with zero attached hydrogens (tertiary/aromatic N) is 2. The third kappa shape index (κ3) is 8.13. The predicted molar refractivity (Wildman–Crippen MR) is 123 cm³/mol. The second-order valence-corrected chi connectivity index (χ2v) is 10.1. The summed E-state index contributed by atoms with van der Waals surface area (Å²) in [4.78, 5) is 43.8. The molecule has 0 atom stereocenters. The first-order valence-corrected chi connectivity index (χ1v) is 11.3. The molecule has 1 fully saturated rings. The highest BCUT2D eigenvalue weighted by atomic mass is 16.6. The topological polar surface area (TPSA) is 97.8 Å². The van der Waals surface area contributed by atoms with E-state index in [4.69, 9.17) is 9.47 Å². The van der Waals surface area contributed by atoms with E-state index in [0.717, 1.165) is 25.7 Å². The van der Waals surface area contributed by atoms with Gasteiger partial charge in [-0.25, -0.2) is 14.6 Å². The summed E-state index contributed by atoms with van der Waals surface area (Å²) in [5.41, 5.74) is -0.835. The predicted octanol–water partition coefficient (Wildman–Crippen LogP) is 5.25. The Morgan fingerprint density at radius 2 is 1.69 bits per heavy atom. The monoisotopic (exact) mass is 447 g/mol. The van der Waals surface area contributed by atoms with Crippen molar-refractivity contribution in [3.8, 4) is 0 Å². The lowest BCUT2D eigenvalue weighted by atomic mass is 10.1. The van der Waals surface area contributed by atoms with Gasteiger partial charge in [-0.15, -0.1) is 0 Å². The van der Waals surface area contributed by atoms with Gasteiger partial charge < -0.3 is 14.8 Å². The van der Waals surface area contributed by atoms with Gasteiger partial charge in [-0.05, 0) is 72.9 Å². The number of hydrogen-bond acceptors (Lipinski definition) is 6. The Hall–Kier alpha value is -2.64. The van der Waals surface area contributed by atoms with Gasteiger partial charge in [0.25, 0.3) is 0 Å². The standard InChI is InChI=1S/C24H37N3O5/c1-23(2,3)31-21(29)26-16-10-14-19(28)18-13-9-15-25-20(18)27(17-11-7-8-12-17)22(30)32-24(4,5)6/h9,13,15,17H,7-8,10-12,14,16H2,1-6H3,(H,26,29). The lowest BCUT2D eigenvalue weighted by molar-refractivity contribution is 0.0522. The first kappa shape index (κ1) is 25.6. The fourth-order valence-electron chi connectivity index (χ4n) is 3.58. The van der Waals surface area contributed by atoms with Crippen molar-refractivity contribution in [2.24, 2.45) is 0 Å². The number of nitrogens with one attached hydrogen (secondary N) is 1. The van der Waals surface area contributed by atoms with Crippen LogP contribution in [0.4, 0.5) is 15.4 Å². The number of amides is 2. The zero-order valence-electron chi connectivity index (χ0n) is 20.2. The number of carbonyl (C=O) groups is 3. The minimum atomic E-state index is -0.653. The van der Waals surface area contributed by atoms with Gasteiger partial charge in [0, 0.05) is 25.2 Å². The zero-order chi connectivity index (χ0) is 23.9. The molecule has 0 aromatic carbocycles. The van der Waals surface area contributed by atoms with Gasteiger partial charge >= 0.3 is 12.2 Å². The molecule has 1 aromatic heterocycles. The maximum absolute atomic E-state index is 13.1. The van der Waals surface area contributed by atoms with Gasteiger partial charge in [0.1, 0.15) is 17.0 Å². The molecule has 178 valence electrons. The van der Waals surface area contributed by atoms with E-state index >= 15 is 0 Å². The number of aromatic nitrogens is 1. The molecule has 32 heavy (non-hydrogen) atoms. The fraction of sp³-hybridized carbons (Fsp3) is 0.667. The van der Waals surface area contributed by atoms with Gasteiger partial charge in [0.2, 0.25) is 0 Å². The molecule has 0 aliphatic heterocycles. The van der Waals surface area contributed by atoms with Crippen molar-refractivity contribution in [2.75, 3.05) is 11.4 Å². The van der Waals surface area contributed by atoms with Crippen LogP contribution < -0.4 is 10.2 Å². The molecule has 1 heterocycles. The van der Waals surface area contributed by atoms with Crippen molar-refractivity contribution < 1.29 is 23.9 Å². The zero-order valence-corrected chi connectivity index (χ0v) is 20.2. The Labute approximate surface area is 191 Å². The lowest BCUT2D eigenvalue weighted by Crippen LogP contribution is -2.43. The second-order valence-electron chi connectivity index (χ2n) is 10.1. The van der Waals surface area contributed by atoms with Crippen LogP contribution in [0.5, 0.6) is 0 Å². The molecular formula is C24H37N3O5. The molecule has 8 heteroatoms. The molecule has 2 rings (SSSR count). The van der Waals surface area contributed by atoms with E-state index in [9.17, 15) is 14.4 Å². The van der Waals surface area contributed by atoms with Crippen LogP contribution in [-0.2, 0) is 9.47 Å². The van der Waals surface area contributed by atoms with Crippen molar-refractivity contribution in [3.63, 3.8) is 0 Å².